The van der Waals surface area contributed by atoms with E-state index in [-0.39, 0.29) is 17.2 Å². The quantitative estimate of drug-likeness (QED) is 0.653. The summed E-state index contributed by atoms with van der Waals surface area (Å²) in [6.07, 6.45) is 1.34. The van der Waals surface area contributed by atoms with Crippen LogP contribution in [0.5, 0.6) is 11.5 Å². The van der Waals surface area contributed by atoms with Gasteiger partial charge in [0.25, 0.3) is 0 Å². The van der Waals surface area contributed by atoms with Crippen LogP contribution in [0, 0.1) is 10.1 Å². The highest BCUT2D eigenvalue weighted by atomic mass is 16.6. The minimum absolute atomic E-state index is 0.212. The predicted octanol–water partition coefficient (Wildman–Crippen LogP) is 2.79. The van der Waals surface area contributed by atoms with Crippen molar-refractivity contribution in [1.82, 2.24) is 0 Å². The van der Waals surface area contributed by atoms with Crippen LogP contribution in [0.4, 0.5) is 5.69 Å². The number of hydrogen-bond donors (Lipinski definition) is 2. The molecule has 0 aromatic heterocycles. The first-order valence-electron chi connectivity index (χ1n) is 5.80. The van der Waals surface area contributed by atoms with Crippen molar-refractivity contribution in [2.45, 2.75) is 12.8 Å². The molecule has 2 rings (SSSR count). The molecule has 0 spiro atoms. The van der Waals surface area contributed by atoms with Crippen LogP contribution in [0.15, 0.2) is 42.5 Å². The lowest BCUT2D eigenvalue weighted by atomic mass is 10.0. The van der Waals surface area contributed by atoms with Crippen LogP contribution in [-0.2, 0) is 12.8 Å². The zero-order valence-electron chi connectivity index (χ0n) is 10.1. The lowest BCUT2D eigenvalue weighted by Crippen LogP contribution is -1.94. The second kappa shape index (κ2) is 5.39. The fourth-order valence-electron chi connectivity index (χ4n) is 1.82. The molecule has 19 heavy (non-hydrogen) atoms. The first-order valence-corrected chi connectivity index (χ1v) is 5.80. The Morgan fingerprint density at radius 3 is 2.16 bits per heavy atom. The Morgan fingerprint density at radius 1 is 0.947 bits per heavy atom. The molecule has 0 saturated heterocycles. The van der Waals surface area contributed by atoms with Crippen LogP contribution in [0.1, 0.15) is 11.1 Å². The number of nitro benzene ring substituents is 1. The van der Waals surface area contributed by atoms with E-state index in [1.807, 2.05) is 12.1 Å². The Balaban J connectivity index is 2.09. The number of phenols is 2. The van der Waals surface area contributed by atoms with E-state index in [2.05, 4.69) is 0 Å². The van der Waals surface area contributed by atoms with Gasteiger partial charge in [-0.1, -0.05) is 18.2 Å². The molecule has 5 heteroatoms. The van der Waals surface area contributed by atoms with Crippen molar-refractivity contribution in [1.29, 1.82) is 0 Å². The molecule has 2 aromatic rings. The van der Waals surface area contributed by atoms with E-state index in [1.165, 1.54) is 12.1 Å². The smallest absolute Gasteiger partial charge is 0.310 e. The maximum Gasteiger partial charge on any atom is 0.310 e. The van der Waals surface area contributed by atoms with E-state index in [0.717, 1.165) is 11.1 Å². The minimum atomic E-state index is -0.598. The molecule has 0 aliphatic heterocycles. The van der Waals surface area contributed by atoms with Gasteiger partial charge in [-0.3, -0.25) is 10.1 Å². The third kappa shape index (κ3) is 3.22. The largest absolute Gasteiger partial charge is 0.508 e. The summed E-state index contributed by atoms with van der Waals surface area (Å²) in [5.41, 5.74) is 1.55. The number of aryl methyl sites for hydroxylation is 2. The highest BCUT2D eigenvalue weighted by Gasteiger charge is 2.13. The zero-order valence-corrected chi connectivity index (χ0v) is 10.1. The molecule has 0 atom stereocenters. The van der Waals surface area contributed by atoms with Crippen LogP contribution >= 0.6 is 0 Å². The molecule has 0 aliphatic carbocycles. The lowest BCUT2D eigenvalue weighted by molar-refractivity contribution is -0.385. The second-order valence-electron chi connectivity index (χ2n) is 4.25. The maximum atomic E-state index is 10.7. The van der Waals surface area contributed by atoms with Crippen LogP contribution in [0.25, 0.3) is 0 Å². The van der Waals surface area contributed by atoms with Gasteiger partial charge in [-0.05, 0) is 42.2 Å². The minimum Gasteiger partial charge on any atom is -0.508 e. The summed E-state index contributed by atoms with van der Waals surface area (Å²) in [4.78, 5) is 10.1. The standard InChI is InChI=1S/C14H13NO4/c16-12-6-3-10(4-7-12)1-2-11-5-8-14(17)13(9-11)15(18)19/h3-9,16-17H,1-2H2. The third-order valence-electron chi connectivity index (χ3n) is 2.88. The topological polar surface area (TPSA) is 83.6 Å². The SMILES string of the molecule is O=[N+]([O-])c1cc(CCc2ccc(O)cc2)ccc1O. The Bertz CT molecular complexity index is 593. The van der Waals surface area contributed by atoms with Crippen molar-refractivity contribution in [3.63, 3.8) is 0 Å². The number of phenolic OH excluding ortho intramolecular Hbond substituents is 2. The van der Waals surface area contributed by atoms with Crippen LogP contribution < -0.4 is 0 Å². The summed E-state index contributed by atoms with van der Waals surface area (Å²) in [5, 5.41) is 29.2. The fraction of sp³-hybridized carbons (Fsp3) is 0.143. The molecular formula is C14H13NO4. The second-order valence-corrected chi connectivity index (χ2v) is 4.25. The molecule has 0 bridgehead atoms. The van der Waals surface area contributed by atoms with Gasteiger partial charge in [0.1, 0.15) is 5.75 Å². The van der Waals surface area contributed by atoms with E-state index in [0.29, 0.717) is 12.8 Å². The normalized spacial score (nSPS) is 10.3. The van der Waals surface area contributed by atoms with E-state index >= 15 is 0 Å². The first-order chi connectivity index (χ1) is 9.06. The summed E-state index contributed by atoms with van der Waals surface area (Å²) >= 11 is 0. The Morgan fingerprint density at radius 2 is 1.53 bits per heavy atom. The molecule has 5 nitrogen and oxygen atoms in total. The van der Waals surface area contributed by atoms with Gasteiger partial charge in [-0.15, -0.1) is 0 Å². The van der Waals surface area contributed by atoms with E-state index in [4.69, 9.17) is 5.11 Å². The number of hydrogen-bond acceptors (Lipinski definition) is 4. The zero-order chi connectivity index (χ0) is 13.8. The predicted molar refractivity (Wildman–Crippen MR) is 70.3 cm³/mol. The molecule has 0 aliphatic rings. The molecule has 98 valence electrons. The molecule has 0 fully saturated rings. The fourth-order valence-corrected chi connectivity index (χ4v) is 1.82. The Kier molecular flexibility index (Phi) is 3.66. The number of nitro groups is 1. The highest BCUT2D eigenvalue weighted by Crippen LogP contribution is 2.26. The highest BCUT2D eigenvalue weighted by molar-refractivity contribution is 5.47. The number of benzene rings is 2. The molecular weight excluding hydrogens is 246 g/mol. The molecule has 2 N–H and O–H groups in total. The summed E-state index contributed by atoms with van der Waals surface area (Å²) in [6.45, 7) is 0. The van der Waals surface area contributed by atoms with E-state index < -0.39 is 4.92 Å². The average molecular weight is 259 g/mol. The summed E-state index contributed by atoms with van der Waals surface area (Å²) < 4.78 is 0. The third-order valence-corrected chi connectivity index (χ3v) is 2.88. The van der Waals surface area contributed by atoms with E-state index in [9.17, 15) is 15.2 Å². The van der Waals surface area contributed by atoms with Crippen molar-refractivity contribution in [3.8, 4) is 11.5 Å². The molecule has 0 saturated carbocycles. The van der Waals surface area contributed by atoms with Crippen molar-refractivity contribution >= 4 is 5.69 Å². The van der Waals surface area contributed by atoms with E-state index in [1.54, 1.807) is 18.2 Å². The van der Waals surface area contributed by atoms with Gasteiger partial charge >= 0.3 is 5.69 Å². The van der Waals surface area contributed by atoms with Crippen LogP contribution in [0.2, 0.25) is 0 Å². The lowest BCUT2D eigenvalue weighted by Gasteiger charge is -2.03. The molecule has 2 aromatic carbocycles. The van der Waals surface area contributed by atoms with Crippen LogP contribution in [0.3, 0.4) is 0 Å². The van der Waals surface area contributed by atoms with Gasteiger partial charge in [-0.25, -0.2) is 0 Å². The molecule has 0 heterocycles. The van der Waals surface area contributed by atoms with Crippen molar-refractivity contribution in [3.05, 3.63) is 63.7 Å². The molecule has 0 amide bonds. The van der Waals surface area contributed by atoms with Crippen molar-refractivity contribution < 1.29 is 15.1 Å². The summed E-state index contributed by atoms with van der Waals surface area (Å²) in [6, 6.07) is 11.2. The number of rotatable bonds is 4. The summed E-state index contributed by atoms with van der Waals surface area (Å²) in [7, 11) is 0. The number of aromatic hydroxyl groups is 2. The summed E-state index contributed by atoms with van der Waals surface area (Å²) in [5.74, 6) is -0.109. The van der Waals surface area contributed by atoms with Gasteiger partial charge in [0.05, 0.1) is 4.92 Å². The van der Waals surface area contributed by atoms with Gasteiger partial charge in [0.2, 0.25) is 0 Å². The first kappa shape index (κ1) is 12.9. The molecule has 0 radical (unpaired) electrons. The van der Waals surface area contributed by atoms with Gasteiger partial charge < -0.3 is 10.2 Å². The van der Waals surface area contributed by atoms with Gasteiger partial charge in [0, 0.05) is 6.07 Å². The molecule has 0 unspecified atom stereocenters. The Labute approximate surface area is 109 Å². The average Bonchev–Trinajstić information content (AvgIpc) is 2.39. The number of nitrogens with zero attached hydrogens (tertiary/aromatic N) is 1. The monoisotopic (exact) mass is 259 g/mol. The maximum absolute atomic E-state index is 10.7. The van der Waals surface area contributed by atoms with Gasteiger partial charge in [-0.2, -0.15) is 0 Å². The van der Waals surface area contributed by atoms with Crippen molar-refractivity contribution in [2.24, 2.45) is 0 Å². The van der Waals surface area contributed by atoms with Crippen LogP contribution in [-0.4, -0.2) is 15.1 Å². The van der Waals surface area contributed by atoms with Crippen molar-refractivity contribution in [2.75, 3.05) is 0 Å². The Hall–Kier alpha value is -2.56. The van der Waals surface area contributed by atoms with Gasteiger partial charge in [0.15, 0.2) is 5.75 Å².